The Kier molecular flexibility index (Phi) is 2.23. The SMILES string of the molecule is CCc1nc2c3cccc(Cl)c3ccn2c1N. The molecule has 0 radical (unpaired) electrons. The van der Waals surface area contributed by atoms with Crippen LogP contribution in [0.3, 0.4) is 0 Å². The van der Waals surface area contributed by atoms with Gasteiger partial charge in [-0.1, -0.05) is 30.7 Å². The lowest BCUT2D eigenvalue weighted by atomic mass is 10.2. The summed E-state index contributed by atoms with van der Waals surface area (Å²) in [7, 11) is 0. The van der Waals surface area contributed by atoms with Crippen LogP contribution in [0.15, 0.2) is 30.5 Å². The van der Waals surface area contributed by atoms with E-state index in [1.54, 1.807) is 0 Å². The van der Waals surface area contributed by atoms with Gasteiger partial charge in [0.05, 0.1) is 5.69 Å². The molecule has 0 aliphatic rings. The van der Waals surface area contributed by atoms with Crippen LogP contribution in [0, 0.1) is 0 Å². The summed E-state index contributed by atoms with van der Waals surface area (Å²) in [6.45, 7) is 2.05. The van der Waals surface area contributed by atoms with Gasteiger partial charge in [0.1, 0.15) is 11.5 Å². The number of nitrogens with zero attached hydrogens (tertiary/aromatic N) is 2. The summed E-state index contributed by atoms with van der Waals surface area (Å²) in [5.74, 6) is 0.712. The van der Waals surface area contributed by atoms with Crippen molar-refractivity contribution in [2.75, 3.05) is 5.73 Å². The first-order chi connectivity index (χ1) is 8.22. The summed E-state index contributed by atoms with van der Waals surface area (Å²) in [6, 6.07) is 7.80. The molecule has 2 N–H and O–H groups in total. The molecule has 0 atom stereocenters. The van der Waals surface area contributed by atoms with Crippen LogP contribution in [-0.2, 0) is 6.42 Å². The summed E-state index contributed by atoms with van der Waals surface area (Å²) in [6.07, 6.45) is 2.75. The first-order valence-corrected chi connectivity index (χ1v) is 5.93. The number of halogens is 1. The van der Waals surface area contributed by atoms with Crippen LogP contribution < -0.4 is 5.73 Å². The monoisotopic (exact) mass is 245 g/mol. The Morgan fingerprint density at radius 1 is 1.29 bits per heavy atom. The zero-order valence-electron chi connectivity index (χ0n) is 9.44. The van der Waals surface area contributed by atoms with E-state index >= 15 is 0 Å². The van der Waals surface area contributed by atoms with Gasteiger partial charge in [-0.25, -0.2) is 4.98 Å². The summed E-state index contributed by atoms with van der Waals surface area (Å²) in [4.78, 5) is 4.58. The van der Waals surface area contributed by atoms with Crippen LogP contribution in [0.5, 0.6) is 0 Å². The zero-order chi connectivity index (χ0) is 12.0. The number of fused-ring (bicyclic) bond motifs is 3. The van der Waals surface area contributed by atoms with E-state index in [-0.39, 0.29) is 0 Å². The third kappa shape index (κ3) is 1.39. The van der Waals surface area contributed by atoms with Gasteiger partial charge in [-0.3, -0.25) is 4.40 Å². The molecule has 0 aliphatic heterocycles. The number of benzene rings is 1. The molecule has 0 aliphatic carbocycles. The van der Waals surface area contributed by atoms with Crippen molar-refractivity contribution in [1.82, 2.24) is 9.38 Å². The van der Waals surface area contributed by atoms with Gasteiger partial charge in [0.15, 0.2) is 0 Å². The first-order valence-electron chi connectivity index (χ1n) is 5.56. The maximum Gasteiger partial charge on any atom is 0.146 e. The van der Waals surface area contributed by atoms with E-state index in [2.05, 4.69) is 4.98 Å². The van der Waals surface area contributed by atoms with Crippen LogP contribution in [-0.4, -0.2) is 9.38 Å². The second-order valence-electron chi connectivity index (χ2n) is 4.01. The standard InChI is InChI=1S/C13H12ClN3/c1-2-11-12(15)17-7-6-8-9(13(17)16-11)4-3-5-10(8)14/h3-7H,2,15H2,1H3. The molecule has 0 bridgehead atoms. The van der Waals surface area contributed by atoms with Gasteiger partial charge in [-0.2, -0.15) is 0 Å². The summed E-state index contributed by atoms with van der Waals surface area (Å²) < 4.78 is 1.91. The van der Waals surface area contributed by atoms with E-state index in [0.29, 0.717) is 5.82 Å². The fourth-order valence-electron chi connectivity index (χ4n) is 2.14. The first kappa shape index (κ1) is 10.4. The van der Waals surface area contributed by atoms with Crippen LogP contribution in [0.4, 0.5) is 5.82 Å². The maximum absolute atomic E-state index is 6.17. The lowest BCUT2D eigenvalue weighted by Gasteiger charge is -2.02. The summed E-state index contributed by atoms with van der Waals surface area (Å²) >= 11 is 6.17. The minimum Gasteiger partial charge on any atom is -0.383 e. The Morgan fingerprint density at radius 3 is 2.88 bits per heavy atom. The Hall–Kier alpha value is -1.74. The molecule has 0 fully saturated rings. The van der Waals surface area contributed by atoms with Crippen molar-refractivity contribution < 1.29 is 0 Å². The molecule has 3 rings (SSSR count). The Bertz CT molecular complexity index is 715. The Morgan fingerprint density at radius 2 is 2.12 bits per heavy atom. The molecular weight excluding hydrogens is 234 g/mol. The number of hydrogen-bond donors (Lipinski definition) is 1. The van der Waals surface area contributed by atoms with Gasteiger partial charge in [-0.05, 0) is 18.6 Å². The molecule has 2 heterocycles. The van der Waals surface area contributed by atoms with Gasteiger partial charge < -0.3 is 5.73 Å². The quantitative estimate of drug-likeness (QED) is 0.715. The normalized spacial score (nSPS) is 11.4. The highest BCUT2D eigenvalue weighted by molar-refractivity contribution is 6.35. The number of rotatable bonds is 1. The smallest absolute Gasteiger partial charge is 0.146 e. The van der Waals surface area contributed by atoms with Crippen molar-refractivity contribution in [3.05, 3.63) is 41.2 Å². The molecular formula is C13H12ClN3. The summed E-state index contributed by atoms with van der Waals surface area (Å²) in [5.41, 5.74) is 7.85. The lowest BCUT2D eigenvalue weighted by molar-refractivity contribution is 1.07. The Labute approximate surface area is 104 Å². The van der Waals surface area contributed by atoms with E-state index in [0.717, 1.165) is 33.6 Å². The minimum absolute atomic E-state index is 0.712. The van der Waals surface area contributed by atoms with Gasteiger partial charge in [-0.15, -0.1) is 0 Å². The van der Waals surface area contributed by atoms with E-state index in [1.807, 2.05) is 41.8 Å². The van der Waals surface area contributed by atoms with Crippen molar-refractivity contribution in [2.45, 2.75) is 13.3 Å². The predicted molar refractivity (Wildman–Crippen MR) is 71.5 cm³/mol. The van der Waals surface area contributed by atoms with E-state index in [4.69, 9.17) is 17.3 Å². The number of imidazole rings is 1. The Balaban J connectivity index is 2.52. The molecule has 2 aromatic heterocycles. The highest BCUT2D eigenvalue weighted by Crippen LogP contribution is 2.28. The molecule has 0 amide bonds. The van der Waals surface area contributed by atoms with Crippen LogP contribution in [0.1, 0.15) is 12.6 Å². The lowest BCUT2D eigenvalue weighted by Crippen LogP contribution is -1.95. The topological polar surface area (TPSA) is 43.3 Å². The van der Waals surface area contributed by atoms with Crippen molar-refractivity contribution in [1.29, 1.82) is 0 Å². The van der Waals surface area contributed by atoms with Crippen molar-refractivity contribution in [2.24, 2.45) is 0 Å². The molecule has 3 nitrogen and oxygen atoms in total. The molecule has 0 saturated heterocycles. The minimum atomic E-state index is 0.712. The third-order valence-electron chi connectivity index (χ3n) is 3.04. The maximum atomic E-state index is 6.17. The van der Waals surface area contributed by atoms with Gasteiger partial charge >= 0.3 is 0 Å². The van der Waals surface area contributed by atoms with Crippen molar-refractivity contribution in [3.63, 3.8) is 0 Å². The number of pyridine rings is 1. The number of aromatic nitrogens is 2. The zero-order valence-corrected chi connectivity index (χ0v) is 10.2. The molecule has 0 spiro atoms. The number of aryl methyl sites for hydroxylation is 1. The average Bonchev–Trinajstić information content (AvgIpc) is 2.67. The summed E-state index contributed by atoms with van der Waals surface area (Å²) in [5, 5.41) is 2.78. The van der Waals surface area contributed by atoms with E-state index in [9.17, 15) is 0 Å². The van der Waals surface area contributed by atoms with E-state index < -0.39 is 0 Å². The molecule has 1 aromatic carbocycles. The van der Waals surface area contributed by atoms with Gasteiger partial charge in [0, 0.05) is 22.0 Å². The van der Waals surface area contributed by atoms with Crippen LogP contribution >= 0.6 is 11.6 Å². The van der Waals surface area contributed by atoms with Gasteiger partial charge in [0.25, 0.3) is 0 Å². The predicted octanol–water partition coefficient (Wildman–Crippen LogP) is 3.29. The highest BCUT2D eigenvalue weighted by Gasteiger charge is 2.10. The second-order valence-corrected chi connectivity index (χ2v) is 4.41. The van der Waals surface area contributed by atoms with Crippen LogP contribution in [0.2, 0.25) is 5.02 Å². The fraction of sp³-hybridized carbons (Fsp3) is 0.154. The fourth-order valence-corrected chi connectivity index (χ4v) is 2.38. The number of hydrogen-bond acceptors (Lipinski definition) is 2. The van der Waals surface area contributed by atoms with Crippen molar-refractivity contribution >= 4 is 33.8 Å². The number of nitrogens with two attached hydrogens (primary N) is 1. The van der Waals surface area contributed by atoms with Crippen LogP contribution in [0.25, 0.3) is 16.4 Å². The van der Waals surface area contributed by atoms with Crippen molar-refractivity contribution in [3.8, 4) is 0 Å². The molecule has 3 aromatic rings. The molecule has 0 saturated carbocycles. The largest absolute Gasteiger partial charge is 0.383 e. The number of nitrogen functional groups attached to an aromatic ring is 1. The molecule has 0 unspecified atom stereocenters. The highest BCUT2D eigenvalue weighted by atomic mass is 35.5. The van der Waals surface area contributed by atoms with E-state index in [1.165, 1.54) is 0 Å². The molecule has 86 valence electrons. The van der Waals surface area contributed by atoms with Gasteiger partial charge in [0.2, 0.25) is 0 Å². The third-order valence-corrected chi connectivity index (χ3v) is 3.37. The molecule has 4 heteroatoms. The molecule has 17 heavy (non-hydrogen) atoms. The second kappa shape index (κ2) is 3.64. The number of anilines is 1. The average molecular weight is 246 g/mol.